The standard InChI is InChI=1S/C18H26FNO/c1-12(2)20-10-15-4-3-5-17(19)18(15)21-11-16-9-13-6-7-14(16)8-13/h3-5,12-14,16,20H,6-11H2,1-2H3. The second-order valence-electron chi connectivity index (χ2n) is 7.01. The van der Waals surface area contributed by atoms with Gasteiger partial charge in [-0.05, 0) is 43.1 Å². The van der Waals surface area contributed by atoms with Crippen molar-refractivity contribution in [2.75, 3.05) is 6.61 Å². The molecular formula is C18H26FNO. The first kappa shape index (κ1) is 14.8. The zero-order valence-electron chi connectivity index (χ0n) is 13.1. The average molecular weight is 291 g/mol. The van der Waals surface area contributed by atoms with Gasteiger partial charge in [-0.2, -0.15) is 0 Å². The number of hydrogen-bond acceptors (Lipinski definition) is 2. The fourth-order valence-electron chi connectivity index (χ4n) is 3.94. The second kappa shape index (κ2) is 6.35. The summed E-state index contributed by atoms with van der Waals surface area (Å²) in [7, 11) is 0. The van der Waals surface area contributed by atoms with Gasteiger partial charge in [0.1, 0.15) is 0 Å². The van der Waals surface area contributed by atoms with Crippen molar-refractivity contribution in [1.82, 2.24) is 5.32 Å². The van der Waals surface area contributed by atoms with Crippen LogP contribution in [0.3, 0.4) is 0 Å². The van der Waals surface area contributed by atoms with Crippen LogP contribution in [0.4, 0.5) is 4.39 Å². The fraction of sp³-hybridized carbons (Fsp3) is 0.667. The van der Waals surface area contributed by atoms with Crippen LogP contribution in [-0.4, -0.2) is 12.6 Å². The molecule has 0 aromatic heterocycles. The molecule has 2 saturated carbocycles. The number of halogens is 1. The third-order valence-electron chi connectivity index (χ3n) is 5.08. The fourth-order valence-corrected chi connectivity index (χ4v) is 3.94. The highest BCUT2D eigenvalue weighted by Gasteiger charge is 2.39. The summed E-state index contributed by atoms with van der Waals surface area (Å²) < 4.78 is 20.0. The molecule has 2 fully saturated rings. The van der Waals surface area contributed by atoms with Crippen LogP contribution in [0.25, 0.3) is 0 Å². The number of ether oxygens (including phenoxy) is 1. The van der Waals surface area contributed by atoms with Gasteiger partial charge in [0, 0.05) is 18.2 Å². The summed E-state index contributed by atoms with van der Waals surface area (Å²) in [6, 6.07) is 5.59. The molecule has 3 rings (SSSR count). The van der Waals surface area contributed by atoms with E-state index in [0.29, 0.717) is 30.9 Å². The van der Waals surface area contributed by atoms with E-state index in [1.54, 1.807) is 6.07 Å². The molecule has 0 amide bonds. The summed E-state index contributed by atoms with van der Waals surface area (Å²) in [4.78, 5) is 0. The summed E-state index contributed by atoms with van der Waals surface area (Å²) in [5, 5.41) is 3.34. The highest BCUT2D eigenvalue weighted by atomic mass is 19.1. The van der Waals surface area contributed by atoms with Gasteiger partial charge in [-0.15, -0.1) is 0 Å². The highest BCUT2D eigenvalue weighted by Crippen LogP contribution is 2.48. The lowest BCUT2D eigenvalue weighted by Gasteiger charge is -2.23. The Labute approximate surface area is 127 Å². The molecule has 1 N–H and O–H groups in total. The SMILES string of the molecule is CC(C)NCc1cccc(F)c1OCC1CC2CCC1C2. The molecule has 2 bridgehead atoms. The molecule has 116 valence electrons. The van der Waals surface area contributed by atoms with Gasteiger partial charge in [0.2, 0.25) is 0 Å². The normalized spacial score (nSPS) is 27.5. The van der Waals surface area contributed by atoms with Gasteiger partial charge in [0.25, 0.3) is 0 Å². The lowest BCUT2D eigenvalue weighted by molar-refractivity contribution is 0.188. The van der Waals surface area contributed by atoms with Gasteiger partial charge in [-0.25, -0.2) is 4.39 Å². The van der Waals surface area contributed by atoms with E-state index in [0.717, 1.165) is 17.4 Å². The smallest absolute Gasteiger partial charge is 0.165 e. The molecule has 0 radical (unpaired) electrons. The third-order valence-corrected chi connectivity index (χ3v) is 5.08. The maximum Gasteiger partial charge on any atom is 0.165 e. The minimum absolute atomic E-state index is 0.235. The second-order valence-corrected chi connectivity index (χ2v) is 7.01. The average Bonchev–Trinajstić information content (AvgIpc) is 3.06. The predicted molar refractivity (Wildman–Crippen MR) is 82.8 cm³/mol. The van der Waals surface area contributed by atoms with Crippen molar-refractivity contribution in [3.63, 3.8) is 0 Å². The van der Waals surface area contributed by atoms with Crippen molar-refractivity contribution in [3.05, 3.63) is 29.6 Å². The van der Waals surface area contributed by atoms with Crippen molar-refractivity contribution in [1.29, 1.82) is 0 Å². The molecule has 1 aromatic rings. The zero-order chi connectivity index (χ0) is 14.8. The molecular weight excluding hydrogens is 265 g/mol. The van der Waals surface area contributed by atoms with E-state index in [1.807, 2.05) is 6.07 Å². The van der Waals surface area contributed by atoms with Gasteiger partial charge < -0.3 is 10.1 Å². The summed E-state index contributed by atoms with van der Waals surface area (Å²) in [6.45, 7) is 5.52. The van der Waals surface area contributed by atoms with E-state index in [-0.39, 0.29) is 5.82 Å². The zero-order valence-corrected chi connectivity index (χ0v) is 13.1. The molecule has 0 aliphatic heterocycles. The Morgan fingerprint density at radius 2 is 2.14 bits per heavy atom. The summed E-state index contributed by atoms with van der Waals surface area (Å²) in [6.07, 6.45) is 5.38. The van der Waals surface area contributed by atoms with Crippen LogP contribution in [-0.2, 0) is 6.54 Å². The van der Waals surface area contributed by atoms with E-state index in [2.05, 4.69) is 19.2 Å². The third kappa shape index (κ3) is 3.39. The summed E-state index contributed by atoms with van der Waals surface area (Å²) in [5.41, 5.74) is 0.923. The van der Waals surface area contributed by atoms with Gasteiger partial charge in [-0.3, -0.25) is 0 Å². The van der Waals surface area contributed by atoms with Crippen molar-refractivity contribution in [3.8, 4) is 5.75 Å². The summed E-state index contributed by atoms with van der Waals surface area (Å²) >= 11 is 0. The van der Waals surface area contributed by atoms with Crippen LogP contribution in [0.1, 0.15) is 45.1 Å². The molecule has 0 spiro atoms. The minimum atomic E-state index is -0.235. The molecule has 0 heterocycles. The van der Waals surface area contributed by atoms with Crippen LogP contribution in [0, 0.1) is 23.6 Å². The topological polar surface area (TPSA) is 21.3 Å². The first-order chi connectivity index (χ1) is 10.1. The van der Waals surface area contributed by atoms with E-state index >= 15 is 0 Å². The molecule has 2 aliphatic carbocycles. The molecule has 2 aliphatic rings. The first-order valence-corrected chi connectivity index (χ1v) is 8.27. The van der Waals surface area contributed by atoms with Crippen LogP contribution in [0.5, 0.6) is 5.75 Å². The van der Waals surface area contributed by atoms with E-state index < -0.39 is 0 Å². The quantitative estimate of drug-likeness (QED) is 0.850. The molecule has 3 unspecified atom stereocenters. The molecule has 3 atom stereocenters. The van der Waals surface area contributed by atoms with E-state index in [1.165, 1.54) is 31.7 Å². The lowest BCUT2D eigenvalue weighted by atomic mass is 9.89. The monoisotopic (exact) mass is 291 g/mol. The molecule has 0 saturated heterocycles. The molecule has 1 aromatic carbocycles. The Balaban J connectivity index is 1.63. The van der Waals surface area contributed by atoms with Crippen molar-refractivity contribution in [2.45, 2.75) is 52.1 Å². The number of rotatable bonds is 6. The van der Waals surface area contributed by atoms with Gasteiger partial charge >= 0.3 is 0 Å². The van der Waals surface area contributed by atoms with Gasteiger partial charge in [0.05, 0.1) is 6.61 Å². The number of hydrogen-bond donors (Lipinski definition) is 1. The van der Waals surface area contributed by atoms with Gasteiger partial charge in [0.15, 0.2) is 11.6 Å². The maximum absolute atomic E-state index is 14.1. The number of para-hydroxylation sites is 1. The Hall–Kier alpha value is -1.09. The van der Waals surface area contributed by atoms with Crippen LogP contribution in [0.15, 0.2) is 18.2 Å². The number of benzene rings is 1. The van der Waals surface area contributed by atoms with Crippen molar-refractivity contribution >= 4 is 0 Å². The largest absolute Gasteiger partial charge is 0.490 e. The molecule has 21 heavy (non-hydrogen) atoms. The molecule has 2 nitrogen and oxygen atoms in total. The Bertz CT molecular complexity index is 488. The Kier molecular flexibility index (Phi) is 4.48. The Morgan fingerprint density at radius 1 is 1.29 bits per heavy atom. The predicted octanol–water partition coefficient (Wildman–Crippen LogP) is 4.14. The molecule has 3 heteroatoms. The first-order valence-electron chi connectivity index (χ1n) is 8.27. The minimum Gasteiger partial charge on any atom is -0.490 e. The Morgan fingerprint density at radius 3 is 2.81 bits per heavy atom. The van der Waals surface area contributed by atoms with E-state index in [9.17, 15) is 4.39 Å². The van der Waals surface area contributed by atoms with Crippen LogP contribution >= 0.6 is 0 Å². The highest BCUT2D eigenvalue weighted by molar-refractivity contribution is 5.35. The van der Waals surface area contributed by atoms with Crippen LogP contribution in [0.2, 0.25) is 0 Å². The maximum atomic E-state index is 14.1. The lowest BCUT2D eigenvalue weighted by Crippen LogP contribution is -2.23. The number of fused-ring (bicyclic) bond motifs is 2. The van der Waals surface area contributed by atoms with Gasteiger partial charge in [-0.1, -0.05) is 32.4 Å². The van der Waals surface area contributed by atoms with Crippen molar-refractivity contribution < 1.29 is 9.13 Å². The summed E-state index contributed by atoms with van der Waals surface area (Å²) in [5.74, 6) is 2.58. The van der Waals surface area contributed by atoms with Crippen LogP contribution < -0.4 is 10.1 Å². The van der Waals surface area contributed by atoms with Crippen molar-refractivity contribution in [2.24, 2.45) is 17.8 Å². The number of nitrogens with one attached hydrogen (secondary N) is 1. The van der Waals surface area contributed by atoms with E-state index in [4.69, 9.17) is 4.74 Å².